The quantitative estimate of drug-likeness (QED) is 0.649. The molecule has 27 heavy (non-hydrogen) atoms. The van der Waals surface area contributed by atoms with Gasteiger partial charge in [-0.25, -0.2) is 4.39 Å². The van der Waals surface area contributed by atoms with Gasteiger partial charge >= 0.3 is 0 Å². The summed E-state index contributed by atoms with van der Waals surface area (Å²) in [5.74, 6) is -0.773. The fourth-order valence-corrected chi connectivity index (χ4v) is 3.65. The Bertz CT molecular complexity index is 1120. The largest absolute Gasteiger partial charge is 0.420 e. The Morgan fingerprint density at radius 3 is 2.59 bits per heavy atom. The average Bonchev–Trinajstić information content (AvgIpc) is 3.05. The van der Waals surface area contributed by atoms with E-state index in [9.17, 15) is 9.65 Å². The predicted molar refractivity (Wildman–Crippen MR) is 99.7 cm³/mol. The molecule has 0 unspecified atom stereocenters. The lowest BCUT2D eigenvalue weighted by Crippen LogP contribution is -2.21. The summed E-state index contributed by atoms with van der Waals surface area (Å²) in [5.41, 5.74) is 8.64. The van der Waals surface area contributed by atoms with Gasteiger partial charge in [0, 0.05) is 15.6 Å². The monoisotopic (exact) mass is 400 g/mol. The number of fused-ring (bicyclic) bond motifs is 1. The molecule has 1 aliphatic rings. The maximum atomic E-state index is 13.3. The van der Waals surface area contributed by atoms with Crippen molar-refractivity contribution in [2.45, 2.75) is 5.92 Å². The molecule has 0 bridgehead atoms. The van der Waals surface area contributed by atoms with Crippen molar-refractivity contribution in [1.82, 2.24) is 10.2 Å². The van der Waals surface area contributed by atoms with Gasteiger partial charge < -0.3 is 10.5 Å². The van der Waals surface area contributed by atoms with Crippen LogP contribution in [0.4, 0.5) is 4.39 Å². The highest BCUT2D eigenvalue weighted by atomic mass is 35.5. The van der Waals surface area contributed by atoms with Crippen molar-refractivity contribution in [3.05, 3.63) is 80.9 Å². The van der Waals surface area contributed by atoms with E-state index in [0.29, 0.717) is 32.4 Å². The van der Waals surface area contributed by atoms with E-state index in [1.807, 2.05) is 0 Å². The van der Waals surface area contributed by atoms with E-state index in [4.69, 9.17) is 33.7 Å². The number of ether oxygens (including phenoxy) is 1. The van der Waals surface area contributed by atoms with E-state index in [0.717, 1.165) is 0 Å². The number of benzene rings is 2. The average molecular weight is 401 g/mol. The Morgan fingerprint density at radius 1 is 1.19 bits per heavy atom. The van der Waals surface area contributed by atoms with Gasteiger partial charge in [0.2, 0.25) is 11.8 Å². The van der Waals surface area contributed by atoms with Gasteiger partial charge in [0.15, 0.2) is 0 Å². The molecule has 134 valence electrons. The third-order valence-electron chi connectivity index (χ3n) is 4.35. The zero-order chi connectivity index (χ0) is 19.1. The second-order valence-corrected chi connectivity index (χ2v) is 6.76. The minimum atomic E-state index is -0.609. The maximum Gasteiger partial charge on any atom is 0.244 e. The van der Waals surface area contributed by atoms with Gasteiger partial charge in [-0.3, -0.25) is 5.10 Å². The fraction of sp³-hybridized carbons (Fsp3) is 0.0526. The van der Waals surface area contributed by atoms with Gasteiger partial charge in [-0.1, -0.05) is 29.3 Å². The second-order valence-electron chi connectivity index (χ2n) is 5.91. The molecule has 0 radical (unpaired) electrons. The highest BCUT2D eigenvalue weighted by Crippen LogP contribution is 2.47. The van der Waals surface area contributed by atoms with Crippen LogP contribution in [0, 0.1) is 17.1 Å². The summed E-state index contributed by atoms with van der Waals surface area (Å²) < 4.78 is 18.8. The molecule has 2 aromatic carbocycles. The third kappa shape index (κ3) is 2.91. The Balaban J connectivity index is 1.97. The molecule has 5 nitrogen and oxygen atoms in total. The standard InChI is InChI=1S/C19H11Cl2FN4O/c20-10-3-6-12(14(21)7-10)15-13(8-23)18(24)27-19-16(15)17(25-26-19)9-1-4-11(22)5-2-9/h1-7,15H,24H2,(H,25,26)/t15-/m0/s1. The number of halogens is 3. The molecule has 0 saturated carbocycles. The van der Waals surface area contributed by atoms with E-state index in [1.165, 1.54) is 12.1 Å². The number of aromatic amines is 1. The summed E-state index contributed by atoms with van der Waals surface area (Å²) in [6.45, 7) is 0. The van der Waals surface area contributed by atoms with Crippen LogP contribution in [0.5, 0.6) is 5.88 Å². The van der Waals surface area contributed by atoms with Crippen LogP contribution in [0.2, 0.25) is 10.0 Å². The van der Waals surface area contributed by atoms with Crippen LogP contribution in [0.15, 0.2) is 53.9 Å². The number of nitrogens with two attached hydrogens (primary N) is 1. The number of nitriles is 1. The molecule has 1 atom stereocenters. The SMILES string of the molecule is N#CC1=C(N)Oc2n[nH]c(-c3ccc(F)cc3)c2[C@H]1c1ccc(Cl)cc1Cl. The first kappa shape index (κ1) is 17.4. The maximum absolute atomic E-state index is 13.3. The molecule has 0 aliphatic carbocycles. The van der Waals surface area contributed by atoms with E-state index >= 15 is 0 Å². The van der Waals surface area contributed by atoms with Crippen molar-refractivity contribution in [1.29, 1.82) is 5.26 Å². The van der Waals surface area contributed by atoms with Crippen LogP contribution >= 0.6 is 23.2 Å². The lowest BCUT2D eigenvalue weighted by atomic mass is 9.83. The van der Waals surface area contributed by atoms with Gasteiger partial charge in [0.25, 0.3) is 0 Å². The van der Waals surface area contributed by atoms with Crippen LogP contribution in [0.3, 0.4) is 0 Å². The number of hydrogen-bond donors (Lipinski definition) is 2. The van der Waals surface area contributed by atoms with Crippen LogP contribution < -0.4 is 10.5 Å². The van der Waals surface area contributed by atoms with Crippen molar-refractivity contribution < 1.29 is 9.13 Å². The molecule has 0 saturated heterocycles. The van der Waals surface area contributed by atoms with E-state index in [-0.39, 0.29) is 23.2 Å². The summed E-state index contributed by atoms with van der Waals surface area (Å²) in [6, 6.07) is 13.0. The fourth-order valence-electron chi connectivity index (χ4n) is 3.13. The minimum absolute atomic E-state index is 0.0434. The molecule has 0 spiro atoms. The van der Waals surface area contributed by atoms with E-state index in [1.54, 1.807) is 30.3 Å². The summed E-state index contributed by atoms with van der Waals surface area (Å²) in [7, 11) is 0. The van der Waals surface area contributed by atoms with E-state index < -0.39 is 5.92 Å². The summed E-state index contributed by atoms with van der Waals surface area (Å²) in [4.78, 5) is 0. The molecule has 0 fully saturated rings. The van der Waals surface area contributed by atoms with Crippen molar-refractivity contribution in [3.63, 3.8) is 0 Å². The van der Waals surface area contributed by atoms with Gasteiger partial charge in [-0.2, -0.15) is 5.26 Å². The van der Waals surface area contributed by atoms with Crippen LogP contribution in [0.25, 0.3) is 11.3 Å². The van der Waals surface area contributed by atoms with Crippen LogP contribution in [-0.2, 0) is 0 Å². The van der Waals surface area contributed by atoms with Gasteiger partial charge in [0.05, 0.1) is 17.2 Å². The molecule has 8 heteroatoms. The molecule has 4 rings (SSSR count). The van der Waals surface area contributed by atoms with Gasteiger partial charge in [0.1, 0.15) is 17.5 Å². The topological polar surface area (TPSA) is 87.7 Å². The zero-order valence-electron chi connectivity index (χ0n) is 13.6. The third-order valence-corrected chi connectivity index (χ3v) is 4.91. The van der Waals surface area contributed by atoms with Crippen molar-refractivity contribution in [3.8, 4) is 23.2 Å². The molecule has 2 heterocycles. The first-order valence-corrected chi connectivity index (χ1v) is 8.62. The first-order chi connectivity index (χ1) is 13.0. The Labute approximate surface area is 163 Å². The molecule has 1 aromatic heterocycles. The molecule has 1 aliphatic heterocycles. The van der Waals surface area contributed by atoms with E-state index in [2.05, 4.69) is 16.3 Å². The lowest BCUT2D eigenvalue weighted by Gasteiger charge is -2.24. The smallest absolute Gasteiger partial charge is 0.244 e. The number of aromatic nitrogens is 2. The number of hydrogen-bond acceptors (Lipinski definition) is 4. The second kappa shape index (κ2) is 6.62. The summed E-state index contributed by atoms with van der Waals surface area (Å²) in [5, 5.41) is 17.6. The lowest BCUT2D eigenvalue weighted by molar-refractivity contribution is 0.379. The van der Waals surface area contributed by atoms with Crippen LogP contribution in [-0.4, -0.2) is 10.2 Å². The summed E-state index contributed by atoms with van der Waals surface area (Å²) in [6.07, 6.45) is 0. The zero-order valence-corrected chi connectivity index (χ0v) is 15.1. The molecule has 0 amide bonds. The molecular weight excluding hydrogens is 390 g/mol. The van der Waals surface area contributed by atoms with Gasteiger partial charge in [-0.15, -0.1) is 5.10 Å². The van der Waals surface area contributed by atoms with Crippen LogP contribution in [0.1, 0.15) is 17.0 Å². The first-order valence-electron chi connectivity index (χ1n) is 7.86. The Morgan fingerprint density at radius 2 is 1.93 bits per heavy atom. The van der Waals surface area contributed by atoms with Crippen molar-refractivity contribution in [2.24, 2.45) is 5.73 Å². The molecule has 3 aromatic rings. The predicted octanol–water partition coefficient (Wildman–Crippen LogP) is 4.74. The van der Waals surface area contributed by atoms with Crippen molar-refractivity contribution >= 4 is 23.2 Å². The normalized spacial score (nSPS) is 15.9. The number of rotatable bonds is 2. The van der Waals surface area contributed by atoms with Crippen molar-refractivity contribution in [2.75, 3.05) is 0 Å². The Hall–Kier alpha value is -3.01. The number of nitrogens with one attached hydrogen (secondary N) is 1. The number of H-pyrrole nitrogens is 1. The van der Waals surface area contributed by atoms with Gasteiger partial charge in [-0.05, 0) is 42.0 Å². The molecule has 3 N–H and O–H groups in total. The number of nitrogens with zero attached hydrogens (tertiary/aromatic N) is 2. The highest BCUT2D eigenvalue weighted by molar-refractivity contribution is 6.35. The number of allylic oxidation sites excluding steroid dienone is 1. The highest BCUT2D eigenvalue weighted by Gasteiger charge is 2.36. The Kier molecular flexibility index (Phi) is 4.27. The minimum Gasteiger partial charge on any atom is -0.420 e. The molecular formula is C19H11Cl2FN4O. The summed E-state index contributed by atoms with van der Waals surface area (Å²) >= 11 is 12.4.